The number of hydrogen-bond acceptors (Lipinski definition) is 2. The van der Waals surface area contributed by atoms with Crippen LogP contribution in [0.3, 0.4) is 0 Å². The maximum absolute atomic E-state index is 12.0. The highest BCUT2D eigenvalue weighted by atomic mass is 35.5. The fourth-order valence-corrected chi connectivity index (χ4v) is 2.76. The van der Waals surface area contributed by atoms with Gasteiger partial charge in [0.05, 0.1) is 5.69 Å². The number of benzene rings is 2. The summed E-state index contributed by atoms with van der Waals surface area (Å²) < 4.78 is 0. The second-order valence-electron chi connectivity index (χ2n) is 4.83. The van der Waals surface area contributed by atoms with Gasteiger partial charge in [-0.15, -0.1) is 0 Å². The lowest BCUT2D eigenvalue weighted by Gasteiger charge is -2.21. The number of carbonyl (C=O) groups is 2. The van der Waals surface area contributed by atoms with Gasteiger partial charge in [0, 0.05) is 22.7 Å². The third-order valence-corrected chi connectivity index (χ3v) is 3.60. The highest BCUT2D eigenvalue weighted by molar-refractivity contribution is 6.32. The summed E-state index contributed by atoms with van der Waals surface area (Å²) in [6.07, 6.45) is 2.57. The smallest absolute Gasteiger partial charge is 0.258 e. The Balaban J connectivity index is 2.25. The van der Waals surface area contributed by atoms with E-state index in [2.05, 4.69) is 0 Å². The first-order valence-corrected chi connectivity index (χ1v) is 6.87. The van der Waals surface area contributed by atoms with Gasteiger partial charge in [0.2, 0.25) is 0 Å². The highest BCUT2D eigenvalue weighted by Crippen LogP contribution is 2.37. The Morgan fingerprint density at radius 3 is 2.19 bits per heavy atom. The Kier molecular flexibility index (Phi) is 3.35. The average molecular weight is 298 g/mol. The summed E-state index contributed by atoms with van der Waals surface area (Å²) in [5.41, 5.74) is 3.05. The summed E-state index contributed by atoms with van der Waals surface area (Å²) >= 11 is 6.15. The molecule has 0 unspecified atom stereocenters. The molecule has 2 aromatic carbocycles. The van der Waals surface area contributed by atoms with Crippen LogP contribution in [0.5, 0.6) is 0 Å². The minimum absolute atomic E-state index is 0.331. The van der Waals surface area contributed by atoms with Crippen molar-refractivity contribution in [1.29, 1.82) is 0 Å². The van der Waals surface area contributed by atoms with Crippen LogP contribution in [0.15, 0.2) is 54.6 Å². The van der Waals surface area contributed by atoms with Gasteiger partial charge in [-0.3, -0.25) is 9.59 Å². The maximum atomic E-state index is 12.0. The van der Waals surface area contributed by atoms with E-state index in [0.717, 1.165) is 16.7 Å². The van der Waals surface area contributed by atoms with Crippen LogP contribution in [0.1, 0.15) is 5.56 Å². The summed E-state index contributed by atoms with van der Waals surface area (Å²) in [4.78, 5) is 25.2. The SMILES string of the molecule is Cc1cc(Cl)cc(-c2ccccc2)c1N1C(=O)C=CC1=O. The predicted molar refractivity (Wildman–Crippen MR) is 83.3 cm³/mol. The molecule has 4 heteroatoms. The van der Waals surface area contributed by atoms with Crippen molar-refractivity contribution in [3.05, 3.63) is 65.2 Å². The fraction of sp³-hybridized carbons (Fsp3) is 0.0588. The van der Waals surface area contributed by atoms with E-state index in [1.54, 1.807) is 12.1 Å². The zero-order valence-electron chi connectivity index (χ0n) is 11.3. The molecule has 2 aromatic rings. The maximum Gasteiger partial charge on any atom is 0.258 e. The molecule has 0 aromatic heterocycles. The van der Waals surface area contributed by atoms with Crippen molar-refractivity contribution in [2.45, 2.75) is 6.92 Å². The second-order valence-corrected chi connectivity index (χ2v) is 5.27. The van der Waals surface area contributed by atoms with Gasteiger partial charge in [-0.05, 0) is 30.2 Å². The van der Waals surface area contributed by atoms with Gasteiger partial charge >= 0.3 is 0 Å². The number of carbonyl (C=O) groups excluding carboxylic acids is 2. The van der Waals surface area contributed by atoms with Crippen molar-refractivity contribution in [3.8, 4) is 11.1 Å². The predicted octanol–water partition coefficient (Wildman–Crippen LogP) is 3.74. The molecule has 3 nitrogen and oxygen atoms in total. The van der Waals surface area contributed by atoms with Gasteiger partial charge in [0.15, 0.2) is 0 Å². The van der Waals surface area contributed by atoms with Crippen LogP contribution in [0.2, 0.25) is 5.02 Å². The number of imide groups is 1. The highest BCUT2D eigenvalue weighted by Gasteiger charge is 2.29. The number of aryl methyl sites for hydroxylation is 1. The lowest BCUT2D eigenvalue weighted by Crippen LogP contribution is -2.30. The van der Waals surface area contributed by atoms with Gasteiger partial charge in [0.1, 0.15) is 0 Å². The van der Waals surface area contributed by atoms with E-state index in [1.807, 2.05) is 37.3 Å². The quantitative estimate of drug-likeness (QED) is 0.792. The van der Waals surface area contributed by atoms with Crippen molar-refractivity contribution in [2.75, 3.05) is 4.90 Å². The van der Waals surface area contributed by atoms with Gasteiger partial charge in [0.25, 0.3) is 11.8 Å². The molecule has 21 heavy (non-hydrogen) atoms. The van der Waals surface area contributed by atoms with Crippen molar-refractivity contribution < 1.29 is 9.59 Å². The molecule has 0 fully saturated rings. The number of anilines is 1. The summed E-state index contributed by atoms with van der Waals surface area (Å²) in [5.74, 6) is -0.662. The lowest BCUT2D eigenvalue weighted by molar-refractivity contribution is -0.119. The van der Waals surface area contributed by atoms with E-state index in [4.69, 9.17) is 11.6 Å². The molecule has 0 radical (unpaired) electrons. The van der Waals surface area contributed by atoms with Gasteiger partial charge in [-0.2, -0.15) is 0 Å². The number of hydrogen-bond donors (Lipinski definition) is 0. The Labute approximate surface area is 127 Å². The zero-order valence-corrected chi connectivity index (χ0v) is 12.1. The molecule has 1 heterocycles. The molecule has 2 amide bonds. The van der Waals surface area contributed by atoms with E-state index in [1.165, 1.54) is 17.1 Å². The molecule has 0 aliphatic carbocycles. The first-order chi connectivity index (χ1) is 10.1. The van der Waals surface area contributed by atoms with Gasteiger partial charge in [-0.1, -0.05) is 41.9 Å². The van der Waals surface area contributed by atoms with Crippen molar-refractivity contribution in [2.24, 2.45) is 0 Å². The summed E-state index contributed by atoms with van der Waals surface area (Å²) in [5, 5.41) is 0.571. The van der Waals surface area contributed by atoms with Crippen LogP contribution in [0.25, 0.3) is 11.1 Å². The van der Waals surface area contributed by atoms with Crippen LogP contribution in [-0.4, -0.2) is 11.8 Å². The Hall–Kier alpha value is -2.39. The largest absolute Gasteiger partial charge is 0.269 e. The molecule has 1 aliphatic heterocycles. The number of nitrogens with zero attached hydrogens (tertiary/aromatic N) is 1. The van der Waals surface area contributed by atoms with Crippen molar-refractivity contribution in [3.63, 3.8) is 0 Å². The Bertz CT molecular complexity index is 748. The molecule has 0 saturated carbocycles. The minimum atomic E-state index is -0.331. The van der Waals surface area contributed by atoms with Crippen LogP contribution >= 0.6 is 11.6 Å². The van der Waals surface area contributed by atoms with Crippen LogP contribution in [0.4, 0.5) is 5.69 Å². The molecule has 0 spiro atoms. The average Bonchev–Trinajstić information content (AvgIpc) is 2.79. The summed E-state index contributed by atoms with van der Waals surface area (Å²) in [6.45, 7) is 1.84. The topological polar surface area (TPSA) is 37.4 Å². The van der Waals surface area contributed by atoms with E-state index >= 15 is 0 Å². The van der Waals surface area contributed by atoms with Crippen LogP contribution in [0, 0.1) is 6.92 Å². The van der Waals surface area contributed by atoms with Crippen molar-refractivity contribution in [1.82, 2.24) is 0 Å². The Morgan fingerprint density at radius 2 is 1.57 bits per heavy atom. The standard InChI is InChI=1S/C17H12ClNO2/c1-11-9-13(18)10-14(12-5-3-2-4-6-12)17(11)19-15(20)7-8-16(19)21/h2-10H,1H3. The number of amides is 2. The monoisotopic (exact) mass is 297 g/mol. The molecule has 0 saturated heterocycles. The molecule has 0 bridgehead atoms. The summed E-state index contributed by atoms with van der Waals surface area (Å²) in [7, 11) is 0. The fourth-order valence-electron chi connectivity index (χ4n) is 2.49. The van der Waals surface area contributed by atoms with E-state index in [-0.39, 0.29) is 11.8 Å². The van der Waals surface area contributed by atoms with Gasteiger partial charge in [-0.25, -0.2) is 4.90 Å². The van der Waals surface area contributed by atoms with Gasteiger partial charge < -0.3 is 0 Å². The number of rotatable bonds is 2. The van der Waals surface area contributed by atoms with E-state index < -0.39 is 0 Å². The molecule has 1 aliphatic rings. The molecule has 3 rings (SSSR count). The van der Waals surface area contributed by atoms with Crippen LogP contribution < -0.4 is 4.90 Å². The Morgan fingerprint density at radius 1 is 0.952 bits per heavy atom. The second kappa shape index (κ2) is 5.19. The lowest BCUT2D eigenvalue weighted by atomic mass is 9.99. The zero-order chi connectivity index (χ0) is 15.0. The first-order valence-electron chi connectivity index (χ1n) is 6.49. The molecular formula is C17H12ClNO2. The third-order valence-electron chi connectivity index (χ3n) is 3.38. The molecule has 104 valence electrons. The third kappa shape index (κ3) is 2.36. The first kappa shape index (κ1) is 13.6. The molecular weight excluding hydrogens is 286 g/mol. The van der Waals surface area contributed by atoms with Crippen LogP contribution in [-0.2, 0) is 9.59 Å². The summed E-state index contributed by atoms with van der Waals surface area (Å²) in [6, 6.07) is 13.1. The molecule has 0 N–H and O–H groups in total. The van der Waals surface area contributed by atoms with E-state index in [0.29, 0.717) is 10.7 Å². The number of halogens is 1. The van der Waals surface area contributed by atoms with Crippen molar-refractivity contribution >= 4 is 29.1 Å². The minimum Gasteiger partial charge on any atom is -0.269 e. The normalized spacial score (nSPS) is 14.1. The van der Waals surface area contributed by atoms with E-state index in [9.17, 15) is 9.59 Å². The molecule has 0 atom stereocenters.